The fraction of sp³-hybridized carbons (Fsp3) is 0.0455. The Hall–Kier alpha value is -3.74. The Kier molecular flexibility index (Phi) is 5.58. The molecular formula is C22H14ClFN4O5S2. The zero-order chi connectivity index (χ0) is 24.9. The minimum atomic E-state index is -4.34. The minimum Gasteiger partial charge on any atom is -0.508 e. The van der Waals surface area contributed by atoms with Crippen molar-refractivity contribution in [2.75, 3.05) is 5.32 Å². The molecule has 3 heterocycles. The standard InChI is InChI=1S/C22H14ClFN4O5S2/c23-13-3-1-4-14(24)12(13)10-28-22(31)18(20(30)19(26-28)16-5-2-8-34-16)21-25-15-7-6-11(29)9-17(15)35(32,33)27-21/h1-9,29-30H,10H2,(H,25,27). The Bertz CT molecular complexity index is 1660. The number of nitrogens with zero attached hydrogens (tertiary/aromatic N) is 3. The average molecular weight is 533 g/mol. The van der Waals surface area contributed by atoms with Crippen LogP contribution in [0.3, 0.4) is 0 Å². The van der Waals surface area contributed by atoms with Gasteiger partial charge in [0.2, 0.25) is 0 Å². The lowest BCUT2D eigenvalue weighted by atomic mass is 10.1. The molecule has 2 aromatic heterocycles. The van der Waals surface area contributed by atoms with Gasteiger partial charge in [-0.05, 0) is 35.7 Å². The van der Waals surface area contributed by atoms with Crippen LogP contribution in [0.2, 0.25) is 5.02 Å². The van der Waals surface area contributed by atoms with E-state index in [1.165, 1.54) is 41.7 Å². The second kappa shape index (κ2) is 8.48. The van der Waals surface area contributed by atoms with Gasteiger partial charge in [0, 0.05) is 16.7 Å². The number of aromatic nitrogens is 2. The van der Waals surface area contributed by atoms with Gasteiger partial charge in [-0.2, -0.15) is 13.5 Å². The van der Waals surface area contributed by atoms with Crippen LogP contribution in [-0.2, 0) is 16.6 Å². The molecule has 35 heavy (non-hydrogen) atoms. The van der Waals surface area contributed by atoms with Gasteiger partial charge in [0.1, 0.15) is 27.7 Å². The van der Waals surface area contributed by atoms with Gasteiger partial charge in [-0.15, -0.1) is 15.7 Å². The first kappa shape index (κ1) is 23.0. The van der Waals surface area contributed by atoms with E-state index in [1.807, 2.05) is 0 Å². The third kappa shape index (κ3) is 4.05. The average Bonchev–Trinajstić information content (AvgIpc) is 3.33. The van der Waals surface area contributed by atoms with E-state index in [9.17, 15) is 27.8 Å². The van der Waals surface area contributed by atoms with E-state index in [4.69, 9.17) is 11.6 Å². The number of amidine groups is 1. The first-order valence-corrected chi connectivity index (χ1v) is 12.6. The fourth-order valence-electron chi connectivity index (χ4n) is 3.55. The Morgan fingerprint density at radius 3 is 2.66 bits per heavy atom. The molecule has 0 fully saturated rings. The molecular weight excluding hydrogens is 519 g/mol. The molecule has 0 atom stereocenters. The smallest absolute Gasteiger partial charge is 0.286 e. The molecule has 178 valence electrons. The summed E-state index contributed by atoms with van der Waals surface area (Å²) in [5, 5.41) is 29.4. The Morgan fingerprint density at radius 1 is 1.14 bits per heavy atom. The molecule has 0 aliphatic carbocycles. The number of thiophene rings is 1. The van der Waals surface area contributed by atoms with E-state index in [0.717, 1.165) is 10.7 Å². The summed E-state index contributed by atoms with van der Waals surface area (Å²) in [7, 11) is -4.34. The topological polar surface area (TPSA) is 134 Å². The van der Waals surface area contributed by atoms with E-state index in [1.54, 1.807) is 17.5 Å². The molecule has 0 unspecified atom stereocenters. The maximum absolute atomic E-state index is 14.5. The first-order chi connectivity index (χ1) is 16.7. The van der Waals surface area contributed by atoms with Crippen LogP contribution in [0.4, 0.5) is 10.1 Å². The number of sulfonamides is 1. The monoisotopic (exact) mass is 532 g/mol. The van der Waals surface area contributed by atoms with Crippen LogP contribution in [0.5, 0.6) is 11.5 Å². The molecule has 0 saturated carbocycles. The van der Waals surface area contributed by atoms with Crippen LogP contribution in [-0.4, -0.2) is 34.2 Å². The van der Waals surface area contributed by atoms with Crippen LogP contribution < -0.4 is 10.9 Å². The second-order valence-corrected chi connectivity index (χ2v) is 10.4. The fourth-order valence-corrected chi connectivity index (χ4v) is 5.63. The number of benzene rings is 2. The van der Waals surface area contributed by atoms with Crippen LogP contribution >= 0.6 is 22.9 Å². The predicted molar refractivity (Wildman–Crippen MR) is 129 cm³/mol. The number of rotatable bonds is 4. The lowest BCUT2D eigenvalue weighted by Crippen LogP contribution is -2.34. The van der Waals surface area contributed by atoms with E-state index < -0.39 is 38.5 Å². The van der Waals surface area contributed by atoms with Crippen LogP contribution in [0.15, 0.2) is 68.0 Å². The quantitative estimate of drug-likeness (QED) is 0.340. The van der Waals surface area contributed by atoms with Crippen molar-refractivity contribution in [1.82, 2.24) is 9.78 Å². The maximum Gasteiger partial charge on any atom is 0.286 e. The number of phenols is 1. The molecule has 4 aromatic rings. The van der Waals surface area contributed by atoms with Gasteiger partial charge in [-0.25, -0.2) is 9.07 Å². The summed E-state index contributed by atoms with van der Waals surface area (Å²) in [5.74, 6) is -2.00. The van der Waals surface area contributed by atoms with Crippen molar-refractivity contribution in [3.05, 3.63) is 86.2 Å². The van der Waals surface area contributed by atoms with E-state index in [2.05, 4.69) is 14.8 Å². The predicted octanol–water partition coefficient (Wildman–Crippen LogP) is 3.78. The lowest BCUT2D eigenvalue weighted by molar-refractivity contribution is 0.463. The first-order valence-electron chi connectivity index (χ1n) is 9.92. The van der Waals surface area contributed by atoms with Crippen molar-refractivity contribution in [2.45, 2.75) is 11.4 Å². The minimum absolute atomic E-state index is 0.00970. The third-order valence-corrected chi connectivity index (χ3v) is 7.75. The number of nitrogens with one attached hydrogen (secondary N) is 1. The molecule has 1 aliphatic heterocycles. The van der Waals surface area contributed by atoms with Gasteiger partial charge in [-0.1, -0.05) is 23.7 Å². The third-order valence-electron chi connectivity index (χ3n) is 5.20. The van der Waals surface area contributed by atoms with Gasteiger partial charge in [-0.3, -0.25) is 4.79 Å². The van der Waals surface area contributed by atoms with Crippen molar-refractivity contribution in [3.8, 4) is 22.1 Å². The molecule has 1 aliphatic rings. The van der Waals surface area contributed by atoms with E-state index >= 15 is 0 Å². The van der Waals surface area contributed by atoms with Crippen molar-refractivity contribution in [2.24, 2.45) is 4.40 Å². The number of anilines is 1. The molecule has 2 aromatic carbocycles. The molecule has 0 saturated heterocycles. The van der Waals surface area contributed by atoms with Crippen LogP contribution in [0.1, 0.15) is 11.1 Å². The number of hydrogen-bond acceptors (Lipinski definition) is 8. The number of halogens is 2. The van der Waals surface area contributed by atoms with E-state index in [0.29, 0.717) is 4.88 Å². The van der Waals surface area contributed by atoms with Gasteiger partial charge in [0.05, 0.1) is 17.1 Å². The highest BCUT2D eigenvalue weighted by Gasteiger charge is 2.31. The number of fused-ring (bicyclic) bond motifs is 1. The highest BCUT2D eigenvalue weighted by atomic mass is 35.5. The highest BCUT2D eigenvalue weighted by molar-refractivity contribution is 7.90. The Morgan fingerprint density at radius 2 is 1.94 bits per heavy atom. The van der Waals surface area contributed by atoms with Gasteiger partial charge < -0.3 is 15.5 Å². The number of phenolic OH excluding ortho intramolecular Hbond substituents is 1. The van der Waals surface area contributed by atoms with Crippen LogP contribution in [0.25, 0.3) is 10.6 Å². The van der Waals surface area contributed by atoms with Gasteiger partial charge in [0.15, 0.2) is 11.6 Å². The molecule has 0 bridgehead atoms. The summed E-state index contributed by atoms with van der Waals surface area (Å²) >= 11 is 7.35. The largest absolute Gasteiger partial charge is 0.508 e. The summed E-state index contributed by atoms with van der Waals surface area (Å²) in [4.78, 5) is 13.6. The molecule has 0 radical (unpaired) electrons. The second-order valence-electron chi connectivity index (χ2n) is 7.43. The van der Waals surface area contributed by atoms with Gasteiger partial charge in [0.25, 0.3) is 15.6 Å². The molecule has 9 nitrogen and oxygen atoms in total. The Labute approximate surface area is 206 Å². The van der Waals surface area contributed by atoms with Crippen molar-refractivity contribution < 1.29 is 23.0 Å². The molecule has 0 amide bonds. The van der Waals surface area contributed by atoms with Crippen LogP contribution in [0, 0.1) is 5.82 Å². The summed E-state index contributed by atoms with van der Waals surface area (Å²) in [6.45, 7) is -0.388. The highest BCUT2D eigenvalue weighted by Crippen LogP contribution is 2.35. The Balaban J connectivity index is 1.74. The van der Waals surface area contributed by atoms with Crippen molar-refractivity contribution >= 4 is 44.5 Å². The molecule has 5 rings (SSSR count). The number of hydrogen-bond donors (Lipinski definition) is 3. The van der Waals surface area contributed by atoms with Crippen molar-refractivity contribution in [3.63, 3.8) is 0 Å². The summed E-state index contributed by atoms with van der Waals surface area (Å²) in [6, 6.07) is 11.0. The molecule has 3 N–H and O–H groups in total. The zero-order valence-corrected chi connectivity index (χ0v) is 19.8. The summed E-state index contributed by atoms with van der Waals surface area (Å²) in [6.07, 6.45) is 0. The molecule has 0 spiro atoms. The SMILES string of the molecule is O=c1c(C2=NS(=O)(=O)c3cc(O)ccc3N2)c(O)c(-c2cccs2)nn1Cc1c(F)cccc1Cl. The summed E-state index contributed by atoms with van der Waals surface area (Å²) < 4.78 is 44.6. The van der Waals surface area contributed by atoms with E-state index in [-0.39, 0.29) is 39.2 Å². The lowest BCUT2D eigenvalue weighted by Gasteiger charge is -2.20. The van der Waals surface area contributed by atoms with Crippen molar-refractivity contribution in [1.29, 1.82) is 0 Å². The number of aromatic hydroxyl groups is 2. The zero-order valence-electron chi connectivity index (χ0n) is 17.4. The summed E-state index contributed by atoms with van der Waals surface area (Å²) in [5.41, 5.74) is -1.39. The normalized spacial score (nSPS) is 14.2. The van der Waals surface area contributed by atoms with Gasteiger partial charge >= 0.3 is 0 Å². The molecule has 13 heteroatoms. The maximum atomic E-state index is 14.5.